The zero-order valence-corrected chi connectivity index (χ0v) is 20.5. The van der Waals surface area contributed by atoms with E-state index in [0.29, 0.717) is 27.9 Å². The fourth-order valence-electron chi connectivity index (χ4n) is 3.64. The second-order valence-electron chi connectivity index (χ2n) is 7.68. The van der Waals surface area contributed by atoms with E-state index in [1.54, 1.807) is 30.1 Å². The first kappa shape index (κ1) is 25.1. The molecule has 0 spiro atoms. The van der Waals surface area contributed by atoms with Gasteiger partial charge in [0, 0.05) is 31.5 Å². The highest BCUT2D eigenvalue weighted by Crippen LogP contribution is 2.25. The largest absolute Gasteiger partial charge is 0.357 e. The summed E-state index contributed by atoms with van der Waals surface area (Å²) in [4.78, 5) is 28.0. The van der Waals surface area contributed by atoms with Gasteiger partial charge in [-0.2, -0.15) is 0 Å². The van der Waals surface area contributed by atoms with Crippen molar-refractivity contribution < 1.29 is 9.59 Å². The van der Waals surface area contributed by atoms with Crippen LogP contribution in [-0.4, -0.2) is 29.8 Å². The summed E-state index contributed by atoms with van der Waals surface area (Å²) in [7, 11) is 1.58. The van der Waals surface area contributed by atoms with Gasteiger partial charge < -0.3 is 10.2 Å². The number of aryl methyl sites for hydroxylation is 1. The lowest BCUT2D eigenvalue weighted by Gasteiger charge is -2.31. The Morgan fingerprint density at radius 1 is 0.848 bits per heavy atom. The maximum Gasteiger partial charge on any atom is 0.242 e. The Hall–Kier alpha value is -2.53. The van der Waals surface area contributed by atoms with Gasteiger partial charge in [-0.15, -0.1) is 0 Å². The third-order valence-corrected chi connectivity index (χ3v) is 6.53. The average Bonchev–Trinajstić information content (AvgIpc) is 2.83. The standard InChI is InChI=1S/C26H25Cl3N2O2/c1-30-26(33)24(16-18-7-3-2-4-8-18)31(17-19-11-13-22(28)23(29)15-19)25(32)14-12-20-9-5-6-10-21(20)27/h2-11,13,15,24H,12,14,16-17H2,1H3,(H,30,33)/t24-/m1/s1. The minimum atomic E-state index is -0.689. The third kappa shape index (κ3) is 6.97. The zero-order chi connectivity index (χ0) is 23.8. The van der Waals surface area contributed by atoms with Gasteiger partial charge in [-0.05, 0) is 41.3 Å². The van der Waals surface area contributed by atoms with E-state index in [-0.39, 0.29) is 24.8 Å². The quantitative estimate of drug-likeness (QED) is 0.391. The number of carbonyl (C=O) groups excluding carboxylic acids is 2. The summed E-state index contributed by atoms with van der Waals surface area (Å²) in [5, 5.41) is 4.16. The van der Waals surface area contributed by atoms with E-state index < -0.39 is 6.04 Å². The number of carbonyl (C=O) groups is 2. The van der Waals surface area contributed by atoms with Crippen LogP contribution in [0.15, 0.2) is 72.8 Å². The second-order valence-corrected chi connectivity index (χ2v) is 8.90. The smallest absolute Gasteiger partial charge is 0.242 e. The molecule has 2 amide bonds. The highest BCUT2D eigenvalue weighted by atomic mass is 35.5. The lowest BCUT2D eigenvalue weighted by atomic mass is 10.0. The van der Waals surface area contributed by atoms with Crippen molar-refractivity contribution in [3.63, 3.8) is 0 Å². The van der Waals surface area contributed by atoms with E-state index in [9.17, 15) is 9.59 Å². The monoisotopic (exact) mass is 502 g/mol. The molecule has 0 saturated heterocycles. The Kier molecular flexibility index (Phi) is 9.19. The molecule has 33 heavy (non-hydrogen) atoms. The topological polar surface area (TPSA) is 49.4 Å². The van der Waals surface area contributed by atoms with Crippen LogP contribution in [0, 0.1) is 0 Å². The fourth-order valence-corrected chi connectivity index (χ4v) is 4.19. The first-order chi connectivity index (χ1) is 15.9. The van der Waals surface area contributed by atoms with Gasteiger partial charge in [0.25, 0.3) is 0 Å². The van der Waals surface area contributed by atoms with Gasteiger partial charge in [-0.3, -0.25) is 9.59 Å². The molecular formula is C26H25Cl3N2O2. The van der Waals surface area contributed by atoms with Crippen molar-refractivity contribution in [2.24, 2.45) is 0 Å². The Morgan fingerprint density at radius 3 is 2.21 bits per heavy atom. The molecule has 0 heterocycles. The Labute approximate surface area is 209 Å². The minimum absolute atomic E-state index is 0.148. The number of hydrogen-bond acceptors (Lipinski definition) is 2. The summed E-state index contributed by atoms with van der Waals surface area (Å²) in [6.45, 7) is 0.225. The maximum absolute atomic E-state index is 13.5. The first-order valence-corrected chi connectivity index (χ1v) is 11.7. The van der Waals surface area contributed by atoms with Crippen molar-refractivity contribution in [1.82, 2.24) is 10.2 Å². The van der Waals surface area contributed by atoms with Gasteiger partial charge in [-0.1, -0.05) is 89.4 Å². The van der Waals surface area contributed by atoms with Gasteiger partial charge in [0.1, 0.15) is 6.04 Å². The van der Waals surface area contributed by atoms with Gasteiger partial charge in [0.2, 0.25) is 11.8 Å². The van der Waals surface area contributed by atoms with Gasteiger partial charge in [0.15, 0.2) is 0 Å². The summed E-state index contributed by atoms with van der Waals surface area (Å²) < 4.78 is 0. The molecule has 0 aromatic heterocycles. The molecule has 172 valence electrons. The molecule has 0 radical (unpaired) electrons. The molecule has 3 aromatic carbocycles. The lowest BCUT2D eigenvalue weighted by Crippen LogP contribution is -2.49. The zero-order valence-electron chi connectivity index (χ0n) is 18.2. The van der Waals surface area contributed by atoms with Crippen LogP contribution in [-0.2, 0) is 29.0 Å². The summed E-state index contributed by atoms with van der Waals surface area (Å²) in [6.07, 6.45) is 1.08. The highest BCUT2D eigenvalue weighted by molar-refractivity contribution is 6.42. The third-order valence-electron chi connectivity index (χ3n) is 5.42. The van der Waals surface area contributed by atoms with Crippen LogP contribution in [0.4, 0.5) is 0 Å². The van der Waals surface area contributed by atoms with Crippen LogP contribution >= 0.6 is 34.8 Å². The Morgan fingerprint density at radius 2 is 1.55 bits per heavy atom. The molecular weight excluding hydrogens is 479 g/mol. The summed E-state index contributed by atoms with van der Waals surface area (Å²) in [5.41, 5.74) is 2.64. The van der Waals surface area contributed by atoms with Crippen LogP contribution in [0.2, 0.25) is 15.1 Å². The average molecular weight is 504 g/mol. The maximum atomic E-state index is 13.5. The molecule has 0 saturated carbocycles. The van der Waals surface area contributed by atoms with Crippen LogP contribution in [0.1, 0.15) is 23.1 Å². The van der Waals surface area contributed by atoms with Crippen LogP contribution in [0.3, 0.4) is 0 Å². The van der Waals surface area contributed by atoms with E-state index in [1.807, 2.05) is 54.6 Å². The summed E-state index contributed by atoms with van der Waals surface area (Å²) >= 11 is 18.5. The number of halogens is 3. The van der Waals surface area contributed by atoms with Gasteiger partial charge >= 0.3 is 0 Å². The van der Waals surface area contributed by atoms with Crippen molar-refractivity contribution >= 4 is 46.6 Å². The van der Waals surface area contributed by atoms with Gasteiger partial charge in [0.05, 0.1) is 10.0 Å². The molecule has 0 unspecified atom stereocenters. The molecule has 1 atom stereocenters. The molecule has 4 nitrogen and oxygen atoms in total. The van der Waals surface area contributed by atoms with E-state index in [4.69, 9.17) is 34.8 Å². The predicted molar refractivity (Wildman–Crippen MR) is 135 cm³/mol. The van der Waals surface area contributed by atoms with E-state index in [1.165, 1.54) is 0 Å². The molecule has 0 bridgehead atoms. The van der Waals surface area contributed by atoms with E-state index in [0.717, 1.165) is 16.7 Å². The number of likely N-dealkylation sites (N-methyl/N-ethyl adjacent to an activating group) is 1. The number of nitrogens with one attached hydrogen (secondary N) is 1. The van der Waals surface area contributed by atoms with Crippen molar-refractivity contribution in [3.05, 3.63) is 105 Å². The predicted octanol–water partition coefficient (Wildman–Crippen LogP) is 5.97. The highest BCUT2D eigenvalue weighted by Gasteiger charge is 2.29. The molecule has 7 heteroatoms. The summed E-state index contributed by atoms with van der Waals surface area (Å²) in [6, 6.07) is 21.6. The second kappa shape index (κ2) is 12.1. The Bertz CT molecular complexity index is 1110. The number of nitrogens with zero attached hydrogens (tertiary/aromatic N) is 1. The van der Waals surface area contributed by atoms with Crippen molar-refractivity contribution in [2.75, 3.05) is 7.05 Å². The Balaban J connectivity index is 1.90. The van der Waals surface area contributed by atoms with Crippen LogP contribution in [0.25, 0.3) is 0 Å². The number of benzene rings is 3. The SMILES string of the molecule is CNC(=O)[C@@H](Cc1ccccc1)N(Cc1ccc(Cl)c(Cl)c1)C(=O)CCc1ccccc1Cl. The minimum Gasteiger partial charge on any atom is -0.357 e. The molecule has 0 aliphatic carbocycles. The van der Waals surface area contributed by atoms with E-state index >= 15 is 0 Å². The van der Waals surface area contributed by atoms with Crippen molar-refractivity contribution in [3.8, 4) is 0 Å². The van der Waals surface area contributed by atoms with Crippen LogP contribution in [0.5, 0.6) is 0 Å². The number of amides is 2. The number of rotatable bonds is 9. The molecule has 0 fully saturated rings. The molecule has 0 aliphatic rings. The van der Waals surface area contributed by atoms with Crippen LogP contribution < -0.4 is 5.32 Å². The van der Waals surface area contributed by atoms with E-state index in [2.05, 4.69) is 5.32 Å². The lowest BCUT2D eigenvalue weighted by molar-refractivity contribution is -0.141. The first-order valence-electron chi connectivity index (χ1n) is 10.6. The molecule has 3 aromatic rings. The fraction of sp³-hybridized carbons (Fsp3) is 0.231. The molecule has 3 rings (SSSR count). The number of hydrogen-bond donors (Lipinski definition) is 1. The molecule has 1 N–H and O–H groups in total. The van der Waals surface area contributed by atoms with Crippen molar-refractivity contribution in [1.29, 1.82) is 0 Å². The molecule has 0 aliphatic heterocycles. The normalized spacial score (nSPS) is 11.6. The van der Waals surface area contributed by atoms with Crippen molar-refractivity contribution in [2.45, 2.75) is 31.8 Å². The van der Waals surface area contributed by atoms with Gasteiger partial charge in [-0.25, -0.2) is 0 Å². The summed E-state index contributed by atoms with van der Waals surface area (Å²) in [5.74, 6) is -0.379.